The van der Waals surface area contributed by atoms with E-state index in [-0.39, 0.29) is 0 Å². The molecule has 0 fully saturated rings. The SMILES string of the molecule is Nc1ccc(Br)c(Oc2ccc(Br)cn2)c1. The molecule has 3 nitrogen and oxygen atoms in total. The Kier molecular flexibility index (Phi) is 3.46. The van der Waals surface area contributed by atoms with Gasteiger partial charge in [0.15, 0.2) is 0 Å². The van der Waals surface area contributed by atoms with Gasteiger partial charge in [-0.05, 0) is 50.1 Å². The Hall–Kier alpha value is -1.07. The summed E-state index contributed by atoms with van der Waals surface area (Å²) in [6.07, 6.45) is 1.68. The van der Waals surface area contributed by atoms with Crippen molar-refractivity contribution in [3.8, 4) is 11.6 Å². The molecule has 82 valence electrons. The van der Waals surface area contributed by atoms with Crippen molar-refractivity contribution in [2.45, 2.75) is 0 Å². The van der Waals surface area contributed by atoms with Crippen LogP contribution in [-0.2, 0) is 0 Å². The molecule has 0 aliphatic carbocycles. The van der Waals surface area contributed by atoms with Gasteiger partial charge >= 0.3 is 0 Å². The van der Waals surface area contributed by atoms with Crippen molar-refractivity contribution < 1.29 is 4.74 Å². The van der Waals surface area contributed by atoms with E-state index >= 15 is 0 Å². The van der Waals surface area contributed by atoms with E-state index in [0.717, 1.165) is 8.95 Å². The summed E-state index contributed by atoms with van der Waals surface area (Å²) < 4.78 is 7.33. The van der Waals surface area contributed by atoms with Gasteiger partial charge in [0, 0.05) is 28.5 Å². The highest BCUT2D eigenvalue weighted by molar-refractivity contribution is 9.10. The molecule has 0 aliphatic heterocycles. The first-order chi connectivity index (χ1) is 7.65. The number of pyridine rings is 1. The second-order valence-corrected chi connectivity index (χ2v) is 4.88. The second-order valence-electron chi connectivity index (χ2n) is 3.11. The van der Waals surface area contributed by atoms with Gasteiger partial charge in [0.25, 0.3) is 0 Å². The number of halogens is 2. The first-order valence-electron chi connectivity index (χ1n) is 4.49. The molecular weight excluding hydrogens is 336 g/mol. The lowest BCUT2D eigenvalue weighted by molar-refractivity contribution is 0.460. The summed E-state index contributed by atoms with van der Waals surface area (Å²) in [7, 11) is 0. The molecule has 2 rings (SSSR count). The maximum Gasteiger partial charge on any atom is 0.219 e. The number of benzene rings is 1. The van der Waals surface area contributed by atoms with Crippen LogP contribution < -0.4 is 10.5 Å². The topological polar surface area (TPSA) is 48.1 Å². The van der Waals surface area contributed by atoms with Gasteiger partial charge in [-0.25, -0.2) is 4.98 Å². The highest BCUT2D eigenvalue weighted by atomic mass is 79.9. The number of ether oxygens (including phenoxy) is 1. The summed E-state index contributed by atoms with van der Waals surface area (Å²) in [4.78, 5) is 4.11. The Labute approximate surface area is 110 Å². The fourth-order valence-corrected chi connectivity index (χ4v) is 1.70. The lowest BCUT2D eigenvalue weighted by Gasteiger charge is -2.07. The highest BCUT2D eigenvalue weighted by Gasteiger charge is 2.04. The predicted octanol–water partition coefficient (Wildman–Crippen LogP) is 3.98. The number of aromatic nitrogens is 1. The van der Waals surface area contributed by atoms with Gasteiger partial charge in [0.1, 0.15) is 5.75 Å². The van der Waals surface area contributed by atoms with Gasteiger partial charge in [0.05, 0.1) is 4.47 Å². The molecule has 5 heteroatoms. The van der Waals surface area contributed by atoms with Crippen LogP contribution in [0.3, 0.4) is 0 Å². The summed E-state index contributed by atoms with van der Waals surface area (Å²) in [6, 6.07) is 9.02. The van der Waals surface area contributed by atoms with E-state index in [1.807, 2.05) is 12.1 Å². The van der Waals surface area contributed by atoms with Crippen LogP contribution >= 0.6 is 31.9 Å². The third-order valence-corrected chi connectivity index (χ3v) is 2.99. The number of rotatable bonds is 2. The molecule has 0 saturated carbocycles. The maximum absolute atomic E-state index is 5.68. The maximum atomic E-state index is 5.68. The van der Waals surface area contributed by atoms with Crippen molar-refractivity contribution in [1.82, 2.24) is 4.98 Å². The number of nitrogen functional groups attached to an aromatic ring is 1. The van der Waals surface area contributed by atoms with Crippen LogP contribution in [0.2, 0.25) is 0 Å². The minimum atomic E-state index is 0.523. The predicted molar refractivity (Wildman–Crippen MR) is 70.6 cm³/mol. The third-order valence-electron chi connectivity index (χ3n) is 1.87. The molecular formula is C11H8Br2N2O. The molecule has 0 aliphatic rings. The zero-order valence-electron chi connectivity index (χ0n) is 8.15. The van der Waals surface area contributed by atoms with Crippen LogP contribution in [0.25, 0.3) is 0 Å². The minimum Gasteiger partial charge on any atom is -0.438 e. The second kappa shape index (κ2) is 4.84. The van der Waals surface area contributed by atoms with Crippen molar-refractivity contribution in [2.24, 2.45) is 0 Å². The Morgan fingerprint density at radius 3 is 2.62 bits per heavy atom. The molecule has 0 unspecified atom stereocenters. The summed E-state index contributed by atoms with van der Waals surface area (Å²) in [5, 5.41) is 0. The van der Waals surface area contributed by atoms with Crippen LogP contribution in [0.5, 0.6) is 11.6 Å². The van der Waals surface area contributed by atoms with Crippen LogP contribution in [0.4, 0.5) is 5.69 Å². The van der Waals surface area contributed by atoms with Crippen LogP contribution in [0.1, 0.15) is 0 Å². The molecule has 2 aromatic rings. The number of nitrogens with zero attached hydrogens (tertiary/aromatic N) is 1. The van der Waals surface area contributed by atoms with E-state index in [1.54, 1.807) is 24.4 Å². The molecule has 1 aromatic carbocycles. The van der Waals surface area contributed by atoms with E-state index in [1.165, 1.54) is 0 Å². The molecule has 0 saturated heterocycles. The Morgan fingerprint density at radius 2 is 1.94 bits per heavy atom. The average Bonchev–Trinajstić information content (AvgIpc) is 2.27. The van der Waals surface area contributed by atoms with Crippen molar-refractivity contribution in [2.75, 3.05) is 5.73 Å². The van der Waals surface area contributed by atoms with Crippen molar-refractivity contribution in [1.29, 1.82) is 0 Å². The van der Waals surface area contributed by atoms with Crippen molar-refractivity contribution in [3.63, 3.8) is 0 Å². The summed E-state index contributed by atoms with van der Waals surface area (Å²) in [6.45, 7) is 0. The quantitative estimate of drug-likeness (QED) is 0.839. The van der Waals surface area contributed by atoms with Crippen molar-refractivity contribution in [3.05, 3.63) is 45.5 Å². The lowest BCUT2D eigenvalue weighted by atomic mass is 10.3. The molecule has 0 spiro atoms. The fourth-order valence-electron chi connectivity index (χ4n) is 1.13. The van der Waals surface area contributed by atoms with E-state index in [0.29, 0.717) is 17.3 Å². The fraction of sp³-hybridized carbons (Fsp3) is 0. The van der Waals surface area contributed by atoms with Gasteiger partial charge in [-0.3, -0.25) is 0 Å². The molecule has 0 radical (unpaired) electrons. The third kappa shape index (κ3) is 2.74. The molecule has 0 atom stereocenters. The zero-order chi connectivity index (χ0) is 11.5. The first-order valence-corrected chi connectivity index (χ1v) is 6.08. The Balaban J connectivity index is 2.26. The van der Waals surface area contributed by atoms with Gasteiger partial charge < -0.3 is 10.5 Å². The molecule has 0 amide bonds. The van der Waals surface area contributed by atoms with Gasteiger partial charge in [-0.15, -0.1) is 0 Å². The Morgan fingerprint density at radius 1 is 1.12 bits per heavy atom. The van der Waals surface area contributed by atoms with E-state index in [2.05, 4.69) is 36.8 Å². The van der Waals surface area contributed by atoms with Crippen molar-refractivity contribution >= 4 is 37.5 Å². The van der Waals surface area contributed by atoms with E-state index in [9.17, 15) is 0 Å². The van der Waals surface area contributed by atoms with Crippen LogP contribution in [-0.4, -0.2) is 4.98 Å². The molecule has 1 heterocycles. The van der Waals surface area contributed by atoms with Crippen LogP contribution in [0.15, 0.2) is 45.5 Å². The Bertz CT molecular complexity index is 500. The normalized spacial score (nSPS) is 10.1. The summed E-state index contributed by atoms with van der Waals surface area (Å²) in [5.41, 5.74) is 6.32. The number of nitrogens with two attached hydrogens (primary N) is 1. The van der Waals surface area contributed by atoms with Gasteiger partial charge in [-0.2, -0.15) is 0 Å². The minimum absolute atomic E-state index is 0.523. The number of hydrogen-bond acceptors (Lipinski definition) is 3. The average molecular weight is 344 g/mol. The van der Waals surface area contributed by atoms with E-state index < -0.39 is 0 Å². The largest absolute Gasteiger partial charge is 0.438 e. The molecule has 2 N–H and O–H groups in total. The monoisotopic (exact) mass is 342 g/mol. The highest BCUT2D eigenvalue weighted by Crippen LogP contribution is 2.30. The van der Waals surface area contributed by atoms with Gasteiger partial charge in [0.2, 0.25) is 5.88 Å². The van der Waals surface area contributed by atoms with Crippen LogP contribution in [0, 0.1) is 0 Å². The summed E-state index contributed by atoms with van der Waals surface area (Å²) >= 11 is 6.69. The zero-order valence-corrected chi connectivity index (χ0v) is 11.3. The lowest BCUT2D eigenvalue weighted by Crippen LogP contribution is -1.90. The summed E-state index contributed by atoms with van der Waals surface area (Å²) in [5.74, 6) is 1.17. The van der Waals surface area contributed by atoms with Gasteiger partial charge in [-0.1, -0.05) is 0 Å². The molecule has 0 bridgehead atoms. The smallest absolute Gasteiger partial charge is 0.219 e. The molecule has 1 aromatic heterocycles. The van der Waals surface area contributed by atoms with E-state index in [4.69, 9.17) is 10.5 Å². The standard InChI is InChI=1S/C11H8Br2N2O/c12-7-1-4-11(15-6-7)16-10-5-8(14)2-3-9(10)13/h1-6H,14H2. The molecule has 16 heavy (non-hydrogen) atoms. The number of anilines is 1. The first kappa shape index (κ1) is 11.4. The number of hydrogen-bond donors (Lipinski definition) is 1.